The number of aromatic nitrogens is 1. The molecule has 4 atom stereocenters. The highest BCUT2D eigenvalue weighted by molar-refractivity contribution is 5.87. The summed E-state index contributed by atoms with van der Waals surface area (Å²) in [7, 11) is 0. The van der Waals surface area contributed by atoms with Gasteiger partial charge in [-0.3, -0.25) is 0 Å². The fraction of sp³-hybridized carbons (Fsp3) is 0.750. The molecule has 0 spiro atoms. The second-order valence-corrected chi connectivity index (χ2v) is 6.07. The largest absolute Gasteiger partial charge is 0.460 e. The van der Waals surface area contributed by atoms with Crippen molar-refractivity contribution >= 4 is 5.97 Å². The van der Waals surface area contributed by atoms with E-state index in [-0.39, 0.29) is 29.8 Å². The molecule has 0 N–H and O–H groups in total. The van der Waals surface area contributed by atoms with Crippen LogP contribution in [0.2, 0.25) is 0 Å². The van der Waals surface area contributed by atoms with E-state index >= 15 is 0 Å². The molecule has 1 aliphatic heterocycles. The van der Waals surface area contributed by atoms with Gasteiger partial charge in [0.1, 0.15) is 0 Å². The number of oxazole rings is 1. The summed E-state index contributed by atoms with van der Waals surface area (Å²) in [4.78, 5) is 16.6. The van der Waals surface area contributed by atoms with Crippen molar-refractivity contribution in [3.8, 4) is 0 Å². The summed E-state index contributed by atoms with van der Waals surface area (Å²) in [6.45, 7) is 12.3. The Morgan fingerprint density at radius 1 is 1.29 bits per heavy atom. The molecule has 0 amide bonds. The van der Waals surface area contributed by atoms with Crippen molar-refractivity contribution in [2.24, 2.45) is 5.92 Å². The van der Waals surface area contributed by atoms with Gasteiger partial charge >= 0.3 is 5.97 Å². The van der Waals surface area contributed by atoms with E-state index in [0.717, 1.165) is 0 Å². The summed E-state index contributed by atoms with van der Waals surface area (Å²) in [5, 5.41) is 0. The Morgan fingerprint density at radius 3 is 2.43 bits per heavy atom. The maximum Gasteiger partial charge on any atom is 0.376 e. The van der Waals surface area contributed by atoms with Crippen molar-refractivity contribution in [1.82, 2.24) is 4.98 Å². The van der Waals surface area contributed by atoms with E-state index in [2.05, 4.69) is 18.8 Å². The topological polar surface area (TPSA) is 61.6 Å². The Kier molecular flexibility index (Phi) is 4.71. The van der Waals surface area contributed by atoms with Gasteiger partial charge in [-0.15, -0.1) is 0 Å². The lowest BCUT2D eigenvalue weighted by Crippen LogP contribution is -2.15. The van der Waals surface area contributed by atoms with Gasteiger partial charge in [-0.05, 0) is 32.6 Å². The van der Waals surface area contributed by atoms with Crippen LogP contribution >= 0.6 is 0 Å². The fourth-order valence-corrected chi connectivity index (χ4v) is 2.92. The van der Waals surface area contributed by atoms with Gasteiger partial charge in [0.2, 0.25) is 11.7 Å². The van der Waals surface area contributed by atoms with Crippen molar-refractivity contribution in [2.75, 3.05) is 6.61 Å². The first-order valence-electron chi connectivity index (χ1n) is 7.69. The third kappa shape index (κ3) is 2.98. The Hall–Kier alpha value is -1.36. The van der Waals surface area contributed by atoms with Crippen LogP contribution in [0.15, 0.2) is 4.42 Å². The number of hydrogen-bond donors (Lipinski definition) is 0. The average Bonchev–Trinajstić information content (AvgIpc) is 2.93. The summed E-state index contributed by atoms with van der Waals surface area (Å²) < 4.78 is 16.7. The molecular weight excluding hydrogens is 270 g/mol. The zero-order valence-electron chi connectivity index (χ0n) is 13.7. The fourth-order valence-electron chi connectivity index (χ4n) is 2.92. The van der Waals surface area contributed by atoms with E-state index in [1.165, 1.54) is 0 Å². The summed E-state index contributed by atoms with van der Waals surface area (Å²) in [5.41, 5.74) is 0.669. The molecule has 0 aliphatic carbocycles. The van der Waals surface area contributed by atoms with Crippen molar-refractivity contribution in [3.05, 3.63) is 17.3 Å². The monoisotopic (exact) mass is 295 g/mol. The summed E-state index contributed by atoms with van der Waals surface area (Å²) in [5.74, 6) is 0.862. The number of ether oxygens (including phenoxy) is 2. The Balaban J connectivity index is 2.38. The highest BCUT2D eigenvalue weighted by Gasteiger charge is 2.42. The Morgan fingerprint density at radius 2 is 1.95 bits per heavy atom. The van der Waals surface area contributed by atoms with Gasteiger partial charge < -0.3 is 13.9 Å². The van der Waals surface area contributed by atoms with Crippen molar-refractivity contribution in [3.63, 3.8) is 0 Å². The SMILES string of the molecule is CCOC(=O)c1oc(C2C(C)OC(C)C2C)nc1C(C)C. The number of carbonyl (C=O) groups excluding carboxylic acids is 1. The summed E-state index contributed by atoms with van der Waals surface area (Å²) >= 11 is 0. The molecule has 21 heavy (non-hydrogen) atoms. The maximum absolute atomic E-state index is 12.0. The van der Waals surface area contributed by atoms with E-state index in [1.54, 1.807) is 6.92 Å². The lowest BCUT2D eigenvalue weighted by atomic mass is 9.89. The van der Waals surface area contributed by atoms with Crippen LogP contribution < -0.4 is 0 Å². The molecule has 5 heteroatoms. The maximum atomic E-state index is 12.0. The number of rotatable bonds is 4. The zero-order valence-corrected chi connectivity index (χ0v) is 13.7. The van der Waals surface area contributed by atoms with Gasteiger partial charge in [-0.2, -0.15) is 0 Å². The van der Waals surface area contributed by atoms with E-state index in [0.29, 0.717) is 24.1 Å². The van der Waals surface area contributed by atoms with E-state index in [4.69, 9.17) is 13.9 Å². The lowest BCUT2D eigenvalue weighted by molar-refractivity contribution is 0.0474. The second kappa shape index (κ2) is 6.18. The molecule has 1 aromatic heterocycles. The van der Waals surface area contributed by atoms with Gasteiger partial charge in [-0.1, -0.05) is 20.8 Å². The molecular formula is C16H25NO4. The Bertz CT molecular complexity index is 508. The molecule has 0 saturated carbocycles. The van der Waals surface area contributed by atoms with Crippen molar-refractivity contribution < 1.29 is 18.7 Å². The third-order valence-corrected chi connectivity index (χ3v) is 4.20. The molecule has 1 aromatic rings. The van der Waals surface area contributed by atoms with Crippen LogP contribution in [0.3, 0.4) is 0 Å². The van der Waals surface area contributed by atoms with Gasteiger partial charge in [-0.25, -0.2) is 9.78 Å². The molecule has 0 bridgehead atoms. The molecule has 118 valence electrons. The third-order valence-electron chi connectivity index (χ3n) is 4.20. The average molecular weight is 295 g/mol. The normalized spacial score (nSPS) is 29.1. The smallest absolute Gasteiger partial charge is 0.376 e. The van der Waals surface area contributed by atoms with Gasteiger partial charge in [0.25, 0.3) is 0 Å². The molecule has 5 nitrogen and oxygen atoms in total. The molecule has 2 rings (SSSR count). The number of hydrogen-bond acceptors (Lipinski definition) is 5. The van der Waals surface area contributed by atoms with Crippen LogP contribution in [-0.4, -0.2) is 29.8 Å². The van der Waals surface area contributed by atoms with Crippen LogP contribution in [0.4, 0.5) is 0 Å². The van der Waals surface area contributed by atoms with Crippen molar-refractivity contribution in [1.29, 1.82) is 0 Å². The lowest BCUT2D eigenvalue weighted by Gasteiger charge is -2.14. The molecule has 1 aliphatic rings. The first-order chi connectivity index (χ1) is 9.86. The van der Waals surface area contributed by atoms with Crippen LogP contribution in [0.1, 0.15) is 75.5 Å². The minimum atomic E-state index is -0.438. The van der Waals surface area contributed by atoms with Gasteiger partial charge in [0.05, 0.1) is 30.4 Å². The van der Waals surface area contributed by atoms with Crippen LogP contribution in [0.25, 0.3) is 0 Å². The predicted octanol–water partition coefficient (Wildman–Crippen LogP) is 3.50. The highest BCUT2D eigenvalue weighted by Crippen LogP contribution is 2.40. The van der Waals surface area contributed by atoms with E-state index < -0.39 is 5.97 Å². The van der Waals surface area contributed by atoms with Gasteiger partial charge in [0, 0.05) is 0 Å². The minimum absolute atomic E-state index is 0.0312. The zero-order chi connectivity index (χ0) is 15.7. The molecule has 0 radical (unpaired) electrons. The molecule has 1 fully saturated rings. The predicted molar refractivity (Wildman–Crippen MR) is 78.5 cm³/mol. The Labute approximate surface area is 126 Å². The minimum Gasteiger partial charge on any atom is -0.460 e. The summed E-state index contributed by atoms with van der Waals surface area (Å²) in [6.07, 6.45) is 0.189. The van der Waals surface area contributed by atoms with E-state index in [1.807, 2.05) is 20.8 Å². The van der Waals surface area contributed by atoms with Crippen LogP contribution in [-0.2, 0) is 9.47 Å². The van der Waals surface area contributed by atoms with Gasteiger partial charge in [0.15, 0.2) is 0 Å². The highest BCUT2D eigenvalue weighted by atomic mass is 16.5. The van der Waals surface area contributed by atoms with Crippen LogP contribution in [0.5, 0.6) is 0 Å². The number of esters is 1. The van der Waals surface area contributed by atoms with Crippen LogP contribution in [0, 0.1) is 5.92 Å². The molecule has 4 unspecified atom stereocenters. The molecule has 1 saturated heterocycles. The summed E-state index contributed by atoms with van der Waals surface area (Å²) in [6, 6.07) is 0. The van der Waals surface area contributed by atoms with Crippen molar-refractivity contribution in [2.45, 2.75) is 65.6 Å². The first kappa shape index (κ1) is 16.0. The standard InChI is InChI=1S/C16H25NO4/c1-7-19-16(18)14-13(8(2)3)17-15(21-14)12-9(4)10(5)20-11(12)6/h8-12H,7H2,1-6H3. The van der Waals surface area contributed by atoms with E-state index in [9.17, 15) is 4.79 Å². The quantitative estimate of drug-likeness (QED) is 0.796. The number of carbonyl (C=O) groups is 1. The second-order valence-electron chi connectivity index (χ2n) is 6.07. The number of nitrogens with zero attached hydrogens (tertiary/aromatic N) is 1. The molecule has 0 aromatic carbocycles. The first-order valence-corrected chi connectivity index (χ1v) is 7.69. The molecule has 2 heterocycles.